The van der Waals surface area contributed by atoms with E-state index in [0.29, 0.717) is 29.0 Å². The number of anilines is 1. The van der Waals surface area contributed by atoms with E-state index < -0.39 is 0 Å². The van der Waals surface area contributed by atoms with Gasteiger partial charge in [0.05, 0.1) is 22.5 Å². The monoisotopic (exact) mass is 454 g/mol. The van der Waals surface area contributed by atoms with E-state index in [-0.39, 0.29) is 12.5 Å². The van der Waals surface area contributed by atoms with Gasteiger partial charge in [-0.2, -0.15) is 5.10 Å². The highest BCUT2D eigenvalue weighted by atomic mass is 35.5. The molecule has 6 nitrogen and oxygen atoms in total. The molecule has 2 aromatic carbocycles. The molecule has 2 aromatic heterocycles. The second-order valence-corrected chi connectivity index (χ2v) is 8.81. The zero-order chi connectivity index (χ0) is 22.0. The number of hydrogen-bond acceptors (Lipinski definition) is 5. The first-order valence-electron chi connectivity index (χ1n) is 9.96. The van der Waals surface area contributed by atoms with Gasteiger partial charge in [0.15, 0.2) is 11.7 Å². The molecule has 1 amide bonds. The second-order valence-electron chi connectivity index (χ2n) is 7.36. The van der Waals surface area contributed by atoms with Crippen molar-refractivity contribution in [2.75, 3.05) is 18.1 Å². The van der Waals surface area contributed by atoms with Crippen LogP contribution in [0.1, 0.15) is 17.0 Å². The lowest BCUT2D eigenvalue weighted by molar-refractivity contribution is -0.120. The van der Waals surface area contributed by atoms with E-state index in [1.807, 2.05) is 74.0 Å². The SMILES string of the molecule is Cc1cc(C)n(CCN(C(=O)COc2ccccc2)c2nc3c(C)cc(Cl)cc3s2)n1. The van der Waals surface area contributed by atoms with Gasteiger partial charge >= 0.3 is 0 Å². The van der Waals surface area contributed by atoms with Gasteiger partial charge in [0.25, 0.3) is 5.91 Å². The minimum atomic E-state index is -0.159. The van der Waals surface area contributed by atoms with Crippen molar-refractivity contribution in [3.63, 3.8) is 0 Å². The van der Waals surface area contributed by atoms with Crippen molar-refractivity contribution < 1.29 is 9.53 Å². The average Bonchev–Trinajstić information content (AvgIpc) is 3.30. The van der Waals surface area contributed by atoms with Gasteiger partial charge in [0.1, 0.15) is 5.75 Å². The first-order valence-corrected chi connectivity index (χ1v) is 11.2. The summed E-state index contributed by atoms with van der Waals surface area (Å²) in [7, 11) is 0. The van der Waals surface area contributed by atoms with E-state index >= 15 is 0 Å². The van der Waals surface area contributed by atoms with Gasteiger partial charge in [0.2, 0.25) is 0 Å². The van der Waals surface area contributed by atoms with Crippen molar-refractivity contribution in [3.05, 3.63) is 70.5 Å². The molecule has 4 rings (SSSR count). The highest BCUT2D eigenvalue weighted by molar-refractivity contribution is 7.22. The summed E-state index contributed by atoms with van der Waals surface area (Å²) < 4.78 is 8.57. The Kier molecular flexibility index (Phi) is 6.25. The van der Waals surface area contributed by atoms with E-state index in [2.05, 4.69) is 5.10 Å². The summed E-state index contributed by atoms with van der Waals surface area (Å²) >= 11 is 7.67. The Morgan fingerprint density at radius 3 is 2.65 bits per heavy atom. The fourth-order valence-corrected chi connectivity index (χ4v) is 4.88. The van der Waals surface area contributed by atoms with Crippen molar-refractivity contribution in [1.82, 2.24) is 14.8 Å². The van der Waals surface area contributed by atoms with Gasteiger partial charge in [-0.05, 0) is 56.7 Å². The Bertz CT molecular complexity index is 1220. The molecule has 0 N–H and O–H groups in total. The first kappa shape index (κ1) is 21.3. The number of carbonyl (C=O) groups is 1. The van der Waals surface area contributed by atoms with Crippen molar-refractivity contribution in [2.45, 2.75) is 27.3 Å². The quantitative estimate of drug-likeness (QED) is 0.386. The summed E-state index contributed by atoms with van der Waals surface area (Å²) in [6.45, 7) is 6.86. The van der Waals surface area contributed by atoms with Gasteiger partial charge in [-0.25, -0.2) is 4.98 Å². The molecule has 0 saturated carbocycles. The number of benzene rings is 2. The van der Waals surface area contributed by atoms with Gasteiger partial charge in [-0.15, -0.1) is 0 Å². The zero-order valence-corrected chi connectivity index (χ0v) is 19.2. The smallest absolute Gasteiger partial charge is 0.266 e. The molecular formula is C23H23ClN4O2S. The van der Waals surface area contributed by atoms with Crippen LogP contribution in [0.3, 0.4) is 0 Å². The molecule has 0 aliphatic rings. The Morgan fingerprint density at radius 2 is 1.94 bits per heavy atom. The third kappa shape index (κ3) is 4.89. The van der Waals surface area contributed by atoms with Crippen molar-refractivity contribution in [1.29, 1.82) is 0 Å². The lowest BCUT2D eigenvalue weighted by Crippen LogP contribution is -2.37. The van der Waals surface area contributed by atoms with Crippen LogP contribution in [-0.4, -0.2) is 33.8 Å². The summed E-state index contributed by atoms with van der Waals surface area (Å²) in [4.78, 5) is 19.6. The minimum absolute atomic E-state index is 0.0726. The number of hydrogen-bond donors (Lipinski definition) is 0. The maximum Gasteiger partial charge on any atom is 0.266 e. The number of thiazole rings is 1. The molecule has 0 fully saturated rings. The third-order valence-electron chi connectivity index (χ3n) is 4.92. The van der Waals surface area contributed by atoms with Crippen molar-refractivity contribution in [2.24, 2.45) is 0 Å². The van der Waals surface area contributed by atoms with Crippen molar-refractivity contribution >= 4 is 44.2 Å². The Hall–Kier alpha value is -2.90. The number of carbonyl (C=O) groups excluding carboxylic acids is 1. The van der Waals surface area contributed by atoms with E-state index in [9.17, 15) is 4.79 Å². The number of rotatable bonds is 7. The summed E-state index contributed by atoms with van der Waals surface area (Å²) in [6, 6.07) is 15.1. The molecule has 160 valence electrons. The van der Waals surface area contributed by atoms with Gasteiger partial charge in [0, 0.05) is 17.3 Å². The van der Waals surface area contributed by atoms with Gasteiger partial charge in [-0.1, -0.05) is 41.1 Å². The molecule has 0 unspecified atom stereocenters. The molecule has 8 heteroatoms. The third-order valence-corrected chi connectivity index (χ3v) is 6.16. The summed E-state index contributed by atoms with van der Waals surface area (Å²) in [5.41, 5.74) is 3.85. The molecule has 4 aromatic rings. The minimum Gasteiger partial charge on any atom is -0.484 e. The van der Waals surface area contributed by atoms with Crippen LogP contribution in [0.25, 0.3) is 10.2 Å². The molecule has 0 aliphatic carbocycles. The standard InChI is InChI=1S/C23H23ClN4O2S/c1-15-11-18(24)13-20-22(15)25-23(31-20)27(9-10-28-17(3)12-16(2)26-28)21(29)14-30-19-7-5-4-6-8-19/h4-8,11-13H,9-10,14H2,1-3H3. The van der Waals surface area contributed by atoms with Crippen LogP contribution >= 0.6 is 22.9 Å². The Morgan fingerprint density at radius 1 is 1.16 bits per heavy atom. The van der Waals surface area contributed by atoms with Crippen LogP contribution in [0, 0.1) is 20.8 Å². The number of nitrogens with zero attached hydrogens (tertiary/aromatic N) is 4. The molecule has 0 radical (unpaired) electrons. The largest absolute Gasteiger partial charge is 0.484 e. The van der Waals surface area contributed by atoms with Crippen LogP contribution in [0.4, 0.5) is 5.13 Å². The van der Waals surface area contributed by atoms with Crippen LogP contribution in [0.15, 0.2) is 48.5 Å². The van der Waals surface area contributed by atoms with Crippen LogP contribution in [0.5, 0.6) is 5.75 Å². The fraction of sp³-hybridized carbons (Fsp3) is 0.261. The van der Waals surface area contributed by atoms with Crippen LogP contribution in [0.2, 0.25) is 5.02 Å². The van der Waals surface area contributed by atoms with E-state index in [1.54, 1.807) is 4.90 Å². The maximum atomic E-state index is 13.2. The molecule has 0 aliphatic heterocycles. The molecule has 31 heavy (non-hydrogen) atoms. The normalized spacial score (nSPS) is 11.1. The van der Waals surface area contributed by atoms with E-state index in [1.165, 1.54) is 11.3 Å². The number of aromatic nitrogens is 3. The maximum absolute atomic E-state index is 13.2. The highest BCUT2D eigenvalue weighted by Crippen LogP contribution is 2.33. The second kappa shape index (κ2) is 9.08. The first-order chi connectivity index (χ1) is 14.9. The highest BCUT2D eigenvalue weighted by Gasteiger charge is 2.21. The van der Waals surface area contributed by atoms with Gasteiger partial charge < -0.3 is 4.74 Å². The van der Waals surface area contributed by atoms with E-state index in [0.717, 1.165) is 27.2 Å². The number of ether oxygens (including phenoxy) is 1. The lowest BCUT2D eigenvalue weighted by Gasteiger charge is -2.20. The Labute approximate surface area is 190 Å². The number of amides is 1. The average molecular weight is 455 g/mol. The Balaban J connectivity index is 1.60. The number of para-hydroxylation sites is 1. The zero-order valence-electron chi connectivity index (χ0n) is 17.6. The molecule has 0 saturated heterocycles. The lowest BCUT2D eigenvalue weighted by atomic mass is 10.2. The van der Waals surface area contributed by atoms with E-state index in [4.69, 9.17) is 21.3 Å². The molecule has 0 spiro atoms. The summed E-state index contributed by atoms with van der Waals surface area (Å²) in [5.74, 6) is 0.495. The molecule has 0 atom stereocenters. The predicted molar refractivity (Wildman–Crippen MR) is 125 cm³/mol. The fourth-order valence-electron chi connectivity index (χ4n) is 3.42. The number of aryl methyl sites for hydroxylation is 3. The van der Waals surface area contributed by atoms with Gasteiger partial charge in [-0.3, -0.25) is 14.4 Å². The molecular weight excluding hydrogens is 432 g/mol. The van der Waals surface area contributed by atoms with Crippen LogP contribution < -0.4 is 9.64 Å². The van der Waals surface area contributed by atoms with Crippen LogP contribution in [-0.2, 0) is 11.3 Å². The molecule has 2 heterocycles. The number of halogens is 1. The topological polar surface area (TPSA) is 60.2 Å². The number of fused-ring (bicyclic) bond motifs is 1. The predicted octanol–water partition coefficient (Wildman–Crippen LogP) is 5.18. The summed E-state index contributed by atoms with van der Waals surface area (Å²) in [6.07, 6.45) is 0. The summed E-state index contributed by atoms with van der Waals surface area (Å²) in [5, 5.41) is 5.80. The van der Waals surface area contributed by atoms with Crippen molar-refractivity contribution in [3.8, 4) is 5.75 Å². The molecule has 0 bridgehead atoms.